The number of hydrogen-bond donors (Lipinski definition) is 2. The first-order valence-electron chi connectivity index (χ1n) is 9.76. The molecule has 2 N–H and O–H groups in total. The van der Waals surface area contributed by atoms with Gasteiger partial charge in [-0.05, 0) is 49.1 Å². The number of anilines is 1. The molecule has 0 radical (unpaired) electrons. The Morgan fingerprint density at radius 2 is 1.97 bits per heavy atom. The first kappa shape index (κ1) is 19.8. The highest BCUT2D eigenvalue weighted by atomic mass is 16.7. The molecule has 0 bridgehead atoms. The minimum atomic E-state index is -1.30. The van der Waals surface area contributed by atoms with Crippen molar-refractivity contribution in [2.45, 2.75) is 32.7 Å². The maximum absolute atomic E-state index is 13.1. The summed E-state index contributed by atoms with van der Waals surface area (Å²) >= 11 is 0. The molecule has 4 rings (SSSR count). The van der Waals surface area contributed by atoms with Crippen LogP contribution in [0.2, 0.25) is 0 Å². The van der Waals surface area contributed by atoms with E-state index in [1.165, 1.54) is 0 Å². The van der Waals surface area contributed by atoms with Gasteiger partial charge < -0.3 is 20.1 Å². The maximum atomic E-state index is 13.1. The Labute approximate surface area is 174 Å². The monoisotopic (exact) mass is 409 g/mol. The minimum Gasteiger partial charge on any atom is -0.454 e. The SMILES string of the molecule is CCc1cccc(C)c1NC(=O)CN1C(=O)N[C@](C)(c2ccc3c(c2)OCO3)C1=O. The Morgan fingerprint density at radius 3 is 2.73 bits per heavy atom. The van der Waals surface area contributed by atoms with Crippen LogP contribution in [0, 0.1) is 6.92 Å². The zero-order valence-electron chi connectivity index (χ0n) is 17.1. The van der Waals surface area contributed by atoms with Gasteiger partial charge in [-0.2, -0.15) is 0 Å². The highest BCUT2D eigenvalue weighted by Gasteiger charge is 2.49. The van der Waals surface area contributed by atoms with E-state index in [0.717, 1.165) is 28.1 Å². The average Bonchev–Trinajstić information content (AvgIpc) is 3.28. The van der Waals surface area contributed by atoms with Crippen LogP contribution in [-0.2, 0) is 21.5 Å². The molecule has 0 spiro atoms. The fourth-order valence-corrected chi connectivity index (χ4v) is 3.77. The first-order valence-corrected chi connectivity index (χ1v) is 9.76. The summed E-state index contributed by atoms with van der Waals surface area (Å²) in [6.07, 6.45) is 0.753. The molecule has 30 heavy (non-hydrogen) atoms. The van der Waals surface area contributed by atoms with Crippen LogP contribution in [0.25, 0.3) is 0 Å². The normalized spacial score (nSPS) is 19.8. The summed E-state index contributed by atoms with van der Waals surface area (Å²) < 4.78 is 10.7. The molecule has 0 aliphatic carbocycles. The number of nitrogens with zero attached hydrogens (tertiary/aromatic N) is 1. The maximum Gasteiger partial charge on any atom is 0.325 e. The van der Waals surface area contributed by atoms with Crippen molar-refractivity contribution in [1.82, 2.24) is 10.2 Å². The van der Waals surface area contributed by atoms with Gasteiger partial charge in [0.25, 0.3) is 5.91 Å². The lowest BCUT2D eigenvalue weighted by Gasteiger charge is -2.22. The largest absolute Gasteiger partial charge is 0.454 e. The smallest absolute Gasteiger partial charge is 0.325 e. The Balaban J connectivity index is 1.53. The molecule has 4 amide bonds. The molecule has 1 fully saturated rings. The Hall–Kier alpha value is -3.55. The van der Waals surface area contributed by atoms with Crippen molar-refractivity contribution >= 4 is 23.5 Å². The van der Waals surface area contributed by atoms with Gasteiger partial charge in [0.1, 0.15) is 12.1 Å². The Kier molecular flexibility index (Phi) is 4.85. The number of amides is 4. The number of hydrogen-bond acceptors (Lipinski definition) is 5. The molecule has 2 aliphatic rings. The van der Waals surface area contributed by atoms with Crippen molar-refractivity contribution in [3.05, 3.63) is 53.1 Å². The van der Waals surface area contributed by atoms with Gasteiger partial charge in [0.05, 0.1) is 0 Å². The van der Waals surface area contributed by atoms with E-state index in [0.29, 0.717) is 17.1 Å². The van der Waals surface area contributed by atoms with Crippen molar-refractivity contribution in [1.29, 1.82) is 0 Å². The third-order valence-electron chi connectivity index (χ3n) is 5.53. The second-order valence-electron chi connectivity index (χ2n) is 7.53. The quantitative estimate of drug-likeness (QED) is 0.740. The number of urea groups is 1. The van der Waals surface area contributed by atoms with E-state index in [2.05, 4.69) is 10.6 Å². The fraction of sp³-hybridized carbons (Fsp3) is 0.318. The molecule has 2 aliphatic heterocycles. The van der Waals surface area contributed by atoms with Crippen LogP contribution >= 0.6 is 0 Å². The van der Waals surface area contributed by atoms with Gasteiger partial charge in [0.2, 0.25) is 12.7 Å². The summed E-state index contributed by atoms with van der Waals surface area (Å²) in [5, 5.41) is 5.55. The lowest BCUT2D eigenvalue weighted by atomic mass is 9.91. The highest BCUT2D eigenvalue weighted by Crippen LogP contribution is 2.37. The number of carbonyl (C=O) groups excluding carboxylic acids is 3. The van der Waals surface area contributed by atoms with Crippen LogP contribution in [0.3, 0.4) is 0 Å². The summed E-state index contributed by atoms with van der Waals surface area (Å²) in [5.74, 6) is 0.165. The number of para-hydroxylation sites is 1. The number of rotatable bonds is 5. The van der Waals surface area contributed by atoms with E-state index < -0.39 is 23.4 Å². The summed E-state index contributed by atoms with van der Waals surface area (Å²) in [7, 11) is 0. The molecule has 8 nitrogen and oxygen atoms in total. The van der Waals surface area contributed by atoms with E-state index in [1.54, 1.807) is 25.1 Å². The topological polar surface area (TPSA) is 97.0 Å². The Bertz CT molecular complexity index is 1050. The predicted molar refractivity (Wildman–Crippen MR) is 109 cm³/mol. The molecule has 2 aromatic carbocycles. The summed E-state index contributed by atoms with van der Waals surface area (Å²) in [6.45, 7) is 5.25. The van der Waals surface area contributed by atoms with Gasteiger partial charge in [-0.1, -0.05) is 31.2 Å². The second-order valence-corrected chi connectivity index (χ2v) is 7.53. The second kappa shape index (κ2) is 7.37. The number of fused-ring (bicyclic) bond motifs is 1. The van der Waals surface area contributed by atoms with E-state index >= 15 is 0 Å². The molecule has 2 aromatic rings. The average molecular weight is 409 g/mol. The van der Waals surface area contributed by atoms with Crippen molar-refractivity contribution in [2.24, 2.45) is 0 Å². The van der Waals surface area contributed by atoms with E-state index in [1.807, 2.05) is 32.0 Å². The van der Waals surface area contributed by atoms with Gasteiger partial charge in [0.15, 0.2) is 11.5 Å². The number of ether oxygens (including phenoxy) is 2. The number of carbonyl (C=O) groups is 3. The van der Waals surface area contributed by atoms with Crippen LogP contribution in [0.15, 0.2) is 36.4 Å². The standard InChI is InChI=1S/C22H23N3O5/c1-4-14-7-5-6-13(2)19(14)23-18(26)11-25-20(27)22(3,24-21(25)28)15-8-9-16-17(10-15)30-12-29-16/h5-10H,4,11-12H2,1-3H3,(H,23,26)(H,24,28)/t22-/m1/s1. The molecule has 0 unspecified atom stereocenters. The van der Waals surface area contributed by atoms with Gasteiger partial charge in [-0.15, -0.1) is 0 Å². The fourth-order valence-electron chi connectivity index (χ4n) is 3.77. The Morgan fingerprint density at radius 1 is 1.20 bits per heavy atom. The molecule has 0 aromatic heterocycles. The van der Waals surface area contributed by atoms with Crippen LogP contribution in [0.4, 0.5) is 10.5 Å². The van der Waals surface area contributed by atoms with E-state index in [4.69, 9.17) is 9.47 Å². The summed E-state index contributed by atoms with van der Waals surface area (Å²) in [4.78, 5) is 39.2. The van der Waals surface area contributed by atoms with Gasteiger partial charge >= 0.3 is 6.03 Å². The van der Waals surface area contributed by atoms with Crippen LogP contribution < -0.4 is 20.1 Å². The van der Waals surface area contributed by atoms with Crippen molar-refractivity contribution in [3.63, 3.8) is 0 Å². The predicted octanol–water partition coefficient (Wildman–Crippen LogP) is 2.69. The van der Waals surface area contributed by atoms with Gasteiger partial charge in [0, 0.05) is 5.69 Å². The zero-order valence-corrected chi connectivity index (χ0v) is 17.1. The third kappa shape index (κ3) is 3.24. The lowest BCUT2D eigenvalue weighted by molar-refractivity contribution is -0.133. The molecular weight excluding hydrogens is 386 g/mol. The number of nitrogens with one attached hydrogen (secondary N) is 2. The molecule has 8 heteroatoms. The number of imide groups is 1. The van der Waals surface area contributed by atoms with Crippen molar-refractivity contribution in [3.8, 4) is 11.5 Å². The van der Waals surface area contributed by atoms with Crippen molar-refractivity contribution in [2.75, 3.05) is 18.7 Å². The van der Waals surface area contributed by atoms with Gasteiger partial charge in [-0.25, -0.2) is 4.79 Å². The molecular formula is C22H23N3O5. The van der Waals surface area contributed by atoms with Crippen LogP contribution in [0.5, 0.6) is 11.5 Å². The first-order chi connectivity index (χ1) is 14.3. The van der Waals surface area contributed by atoms with E-state index in [9.17, 15) is 14.4 Å². The van der Waals surface area contributed by atoms with Crippen LogP contribution in [-0.4, -0.2) is 36.1 Å². The van der Waals surface area contributed by atoms with Gasteiger partial charge in [-0.3, -0.25) is 14.5 Å². The molecule has 2 heterocycles. The zero-order chi connectivity index (χ0) is 21.5. The summed E-state index contributed by atoms with van der Waals surface area (Å²) in [5.41, 5.74) is 1.89. The molecule has 1 atom stereocenters. The number of aryl methyl sites for hydroxylation is 2. The molecule has 0 saturated carbocycles. The molecule has 156 valence electrons. The van der Waals surface area contributed by atoms with Crippen LogP contribution in [0.1, 0.15) is 30.5 Å². The summed E-state index contributed by atoms with van der Waals surface area (Å²) in [6, 6.07) is 10.2. The van der Waals surface area contributed by atoms with Crippen molar-refractivity contribution < 1.29 is 23.9 Å². The third-order valence-corrected chi connectivity index (χ3v) is 5.53. The lowest BCUT2D eigenvalue weighted by Crippen LogP contribution is -2.42. The minimum absolute atomic E-state index is 0.112. The highest BCUT2D eigenvalue weighted by molar-refractivity contribution is 6.10. The van der Waals surface area contributed by atoms with E-state index in [-0.39, 0.29) is 13.3 Å². The number of benzene rings is 2. The molecule has 1 saturated heterocycles.